The van der Waals surface area contributed by atoms with Crippen molar-refractivity contribution in [3.8, 4) is 5.75 Å². The molecule has 0 aliphatic rings. The van der Waals surface area contributed by atoms with Gasteiger partial charge in [0.2, 0.25) is 5.91 Å². The minimum Gasteiger partial charge on any atom is -0.489 e. The first-order chi connectivity index (χ1) is 12.2. The van der Waals surface area contributed by atoms with E-state index in [1.165, 1.54) is 0 Å². The minimum absolute atomic E-state index is 0.125. The van der Waals surface area contributed by atoms with Gasteiger partial charge in [0.05, 0.1) is 6.61 Å². The maximum atomic E-state index is 12.0. The molecule has 0 fully saturated rings. The molecule has 0 saturated carbocycles. The molecule has 0 bridgehead atoms. The quantitative estimate of drug-likeness (QED) is 0.528. The van der Waals surface area contributed by atoms with Gasteiger partial charge in [0.15, 0.2) is 0 Å². The van der Waals surface area contributed by atoms with E-state index in [1.54, 1.807) is 13.0 Å². The summed E-state index contributed by atoms with van der Waals surface area (Å²) in [6.07, 6.45) is 2.03. The van der Waals surface area contributed by atoms with Crippen molar-refractivity contribution in [2.45, 2.75) is 32.6 Å². The van der Waals surface area contributed by atoms with Crippen molar-refractivity contribution in [2.24, 2.45) is 0 Å². The van der Waals surface area contributed by atoms with Crippen LogP contribution in [0.25, 0.3) is 0 Å². The van der Waals surface area contributed by atoms with E-state index in [4.69, 9.17) is 9.47 Å². The van der Waals surface area contributed by atoms with Gasteiger partial charge in [0.1, 0.15) is 18.5 Å². The molecule has 2 aromatic carbocycles. The number of hydrogen-bond donors (Lipinski definition) is 1. The molecule has 2 aromatic rings. The van der Waals surface area contributed by atoms with E-state index < -0.39 is 6.10 Å². The Balaban J connectivity index is 1.80. The molecule has 0 saturated heterocycles. The normalized spacial score (nSPS) is 11.6. The smallest absolute Gasteiger partial charge is 0.249 e. The van der Waals surface area contributed by atoms with Crippen LogP contribution in [0.5, 0.6) is 5.75 Å². The number of carbonyl (C=O) groups excluding carboxylic acids is 1. The maximum absolute atomic E-state index is 12.0. The lowest BCUT2D eigenvalue weighted by Crippen LogP contribution is -2.34. The number of nitrogens with one attached hydrogen (secondary N) is 1. The van der Waals surface area contributed by atoms with Gasteiger partial charge in [-0.05, 0) is 36.6 Å². The Morgan fingerprint density at radius 3 is 2.68 bits per heavy atom. The van der Waals surface area contributed by atoms with E-state index in [0.717, 1.165) is 23.3 Å². The van der Waals surface area contributed by atoms with Crippen LogP contribution in [0.15, 0.2) is 67.3 Å². The molecule has 0 heterocycles. The average molecular weight is 339 g/mol. The maximum Gasteiger partial charge on any atom is 0.249 e. The van der Waals surface area contributed by atoms with Crippen LogP contribution in [-0.2, 0) is 22.7 Å². The third-order valence-electron chi connectivity index (χ3n) is 3.67. The van der Waals surface area contributed by atoms with Crippen LogP contribution in [0.4, 0.5) is 0 Å². The second kappa shape index (κ2) is 10.3. The standard InChI is InChI=1S/C21H25NO3/c1-3-4-13-24-17(2)21(23)22-15-19-11-8-12-20(14-19)25-16-18-9-6-5-7-10-18/h3,5-12,14,17H,1,4,13,15-16H2,2H3,(H,22,23). The highest BCUT2D eigenvalue weighted by molar-refractivity contribution is 5.80. The number of rotatable bonds is 10. The minimum atomic E-state index is -0.475. The molecule has 0 spiro atoms. The fourth-order valence-corrected chi connectivity index (χ4v) is 2.22. The third-order valence-corrected chi connectivity index (χ3v) is 3.67. The van der Waals surface area contributed by atoms with E-state index in [-0.39, 0.29) is 5.91 Å². The van der Waals surface area contributed by atoms with Crippen molar-refractivity contribution in [1.29, 1.82) is 0 Å². The Bertz CT molecular complexity index is 670. The summed E-state index contributed by atoms with van der Waals surface area (Å²) < 4.78 is 11.2. The summed E-state index contributed by atoms with van der Waals surface area (Å²) in [5, 5.41) is 2.88. The van der Waals surface area contributed by atoms with Crippen LogP contribution >= 0.6 is 0 Å². The number of hydrogen-bond acceptors (Lipinski definition) is 3. The molecule has 1 unspecified atom stereocenters. The first-order valence-corrected chi connectivity index (χ1v) is 8.45. The Morgan fingerprint density at radius 2 is 1.92 bits per heavy atom. The highest BCUT2D eigenvalue weighted by Crippen LogP contribution is 2.15. The zero-order valence-corrected chi connectivity index (χ0v) is 14.6. The van der Waals surface area contributed by atoms with Gasteiger partial charge in [-0.1, -0.05) is 48.5 Å². The Labute approximate surface area is 149 Å². The van der Waals surface area contributed by atoms with Crippen LogP contribution in [0.1, 0.15) is 24.5 Å². The van der Waals surface area contributed by atoms with Gasteiger partial charge in [-0.2, -0.15) is 0 Å². The number of carbonyl (C=O) groups is 1. The summed E-state index contributed by atoms with van der Waals surface area (Å²) in [7, 11) is 0. The summed E-state index contributed by atoms with van der Waals surface area (Å²) in [6.45, 7) is 6.84. The Morgan fingerprint density at radius 1 is 1.16 bits per heavy atom. The molecule has 25 heavy (non-hydrogen) atoms. The molecule has 1 N–H and O–H groups in total. The summed E-state index contributed by atoms with van der Waals surface area (Å²) in [6, 6.07) is 17.7. The molecule has 4 nitrogen and oxygen atoms in total. The molecule has 0 aliphatic heterocycles. The molecule has 0 radical (unpaired) electrons. The predicted molar refractivity (Wildman–Crippen MR) is 99.3 cm³/mol. The van der Waals surface area contributed by atoms with Crippen molar-refractivity contribution in [3.63, 3.8) is 0 Å². The Kier molecular flexibility index (Phi) is 7.73. The lowest BCUT2D eigenvalue weighted by molar-refractivity contribution is -0.131. The SMILES string of the molecule is C=CCCOC(C)C(=O)NCc1cccc(OCc2ccccc2)c1. The van der Waals surface area contributed by atoms with Gasteiger partial charge in [0, 0.05) is 6.54 Å². The molecule has 0 aliphatic carbocycles. The fraction of sp³-hybridized carbons (Fsp3) is 0.286. The second-order valence-corrected chi connectivity index (χ2v) is 5.73. The molecule has 132 valence electrons. The summed E-state index contributed by atoms with van der Waals surface area (Å²) >= 11 is 0. The van der Waals surface area contributed by atoms with Crippen molar-refractivity contribution >= 4 is 5.91 Å². The number of benzene rings is 2. The summed E-state index contributed by atoms with van der Waals surface area (Å²) in [5.41, 5.74) is 2.10. The fourth-order valence-electron chi connectivity index (χ4n) is 2.22. The monoisotopic (exact) mass is 339 g/mol. The van der Waals surface area contributed by atoms with Crippen molar-refractivity contribution in [1.82, 2.24) is 5.32 Å². The Hall–Kier alpha value is -2.59. The molecular weight excluding hydrogens is 314 g/mol. The zero-order chi connectivity index (χ0) is 17.9. The first-order valence-electron chi connectivity index (χ1n) is 8.45. The van der Waals surface area contributed by atoms with Crippen LogP contribution in [0.3, 0.4) is 0 Å². The second-order valence-electron chi connectivity index (χ2n) is 5.73. The highest BCUT2D eigenvalue weighted by Gasteiger charge is 2.12. The van der Waals surface area contributed by atoms with E-state index in [2.05, 4.69) is 11.9 Å². The van der Waals surface area contributed by atoms with E-state index in [0.29, 0.717) is 19.8 Å². The van der Waals surface area contributed by atoms with Crippen LogP contribution in [0, 0.1) is 0 Å². The van der Waals surface area contributed by atoms with E-state index >= 15 is 0 Å². The molecule has 1 amide bonds. The average Bonchev–Trinajstić information content (AvgIpc) is 2.65. The molecule has 2 rings (SSSR count). The lowest BCUT2D eigenvalue weighted by Gasteiger charge is -2.13. The van der Waals surface area contributed by atoms with Gasteiger partial charge >= 0.3 is 0 Å². The topological polar surface area (TPSA) is 47.6 Å². The van der Waals surface area contributed by atoms with Crippen LogP contribution in [0.2, 0.25) is 0 Å². The zero-order valence-electron chi connectivity index (χ0n) is 14.6. The summed E-state index contributed by atoms with van der Waals surface area (Å²) in [4.78, 5) is 12.0. The van der Waals surface area contributed by atoms with E-state index in [9.17, 15) is 4.79 Å². The van der Waals surface area contributed by atoms with Gasteiger partial charge in [-0.15, -0.1) is 6.58 Å². The van der Waals surface area contributed by atoms with Gasteiger partial charge in [-0.3, -0.25) is 4.79 Å². The predicted octanol–water partition coefficient (Wildman–Crippen LogP) is 3.86. The summed E-state index contributed by atoms with van der Waals surface area (Å²) in [5.74, 6) is 0.658. The largest absolute Gasteiger partial charge is 0.489 e. The van der Waals surface area contributed by atoms with Gasteiger partial charge in [-0.25, -0.2) is 0 Å². The first kappa shape index (κ1) is 18.7. The highest BCUT2D eigenvalue weighted by atomic mass is 16.5. The van der Waals surface area contributed by atoms with Crippen LogP contribution < -0.4 is 10.1 Å². The van der Waals surface area contributed by atoms with E-state index in [1.807, 2.05) is 54.6 Å². The van der Waals surface area contributed by atoms with Gasteiger partial charge < -0.3 is 14.8 Å². The van der Waals surface area contributed by atoms with Crippen molar-refractivity contribution < 1.29 is 14.3 Å². The van der Waals surface area contributed by atoms with Crippen LogP contribution in [-0.4, -0.2) is 18.6 Å². The molecule has 4 heteroatoms. The number of ether oxygens (including phenoxy) is 2. The molecule has 0 aromatic heterocycles. The lowest BCUT2D eigenvalue weighted by atomic mass is 10.2. The van der Waals surface area contributed by atoms with Crippen molar-refractivity contribution in [2.75, 3.05) is 6.61 Å². The molecular formula is C21H25NO3. The van der Waals surface area contributed by atoms with Gasteiger partial charge in [0.25, 0.3) is 0 Å². The van der Waals surface area contributed by atoms with Crippen molar-refractivity contribution in [3.05, 3.63) is 78.4 Å². The third kappa shape index (κ3) is 6.81. The number of amides is 1. The molecule has 1 atom stereocenters.